The summed E-state index contributed by atoms with van der Waals surface area (Å²) in [7, 11) is 0. The molecule has 2 aromatic heterocycles. The maximum atomic E-state index is 11.8. The van der Waals surface area contributed by atoms with Gasteiger partial charge in [-0.15, -0.1) is 10.2 Å². The van der Waals surface area contributed by atoms with Crippen molar-refractivity contribution in [2.24, 2.45) is 5.92 Å². The minimum Gasteiger partial charge on any atom is -0.353 e. The molecule has 0 aliphatic rings. The zero-order valence-corrected chi connectivity index (χ0v) is 12.1. The molecule has 1 unspecified atom stereocenters. The van der Waals surface area contributed by atoms with Crippen LogP contribution >= 0.6 is 11.8 Å². The topological polar surface area (TPSA) is 59.3 Å². The first-order valence-electron chi connectivity index (χ1n) is 6.30. The Hall–Kier alpha value is -1.56. The van der Waals surface area contributed by atoms with Gasteiger partial charge in [-0.1, -0.05) is 31.7 Å². The smallest absolute Gasteiger partial charge is 0.230 e. The number of nitrogens with one attached hydrogen (secondary N) is 1. The Bertz CT molecular complexity index is 567. The summed E-state index contributed by atoms with van der Waals surface area (Å²) < 4.78 is 1.88. The van der Waals surface area contributed by atoms with Crippen LogP contribution < -0.4 is 5.32 Å². The molecule has 5 nitrogen and oxygen atoms in total. The van der Waals surface area contributed by atoms with Gasteiger partial charge in [0.1, 0.15) is 0 Å². The quantitative estimate of drug-likeness (QED) is 0.850. The summed E-state index contributed by atoms with van der Waals surface area (Å²) in [5, 5.41) is 11.8. The molecule has 2 heterocycles. The number of carbonyl (C=O) groups is 1. The van der Waals surface area contributed by atoms with Crippen LogP contribution in [0, 0.1) is 5.92 Å². The van der Waals surface area contributed by atoms with Gasteiger partial charge in [-0.05, 0) is 25.0 Å². The third kappa shape index (κ3) is 3.47. The lowest BCUT2D eigenvalue weighted by Crippen LogP contribution is -2.37. The number of rotatable bonds is 5. The predicted octanol–water partition coefficient (Wildman–Crippen LogP) is 1.98. The zero-order chi connectivity index (χ0) is 13.8. The van der Waals surface area contributed by atoms with Crippen LogP contribution in [0.25, 0.3) is 5.65 Å². The van der Waals surface area contributed by atoms with Gasteiger partial charge in [0.25, 0.3) is 0 Å². The molecule has 1 amide bonds. The molecule has 0 spiro atoms. The van der Waals surface area contributed by atoms with Crippen molar-refractivity contribution in [3.8, 4) is 0 Å². The summed E-state index contributed by atoms with van der Waals surface area (Å²) in [6, 6.07) is 5.90. The van der Waals surface area contributed by atoms with Crippen LogP contribution in [0.15, 0.2) is 29.6 Å². The number of hydrogen-bond acceptors (Lipinski definition) is 4. The van der Waals surface area contributed by atoms with E-state index in [4.69, 9.17) is 0 Å². The second-order valence-corrected chi connectivity index (χ2v) is 5.74. The minimum atomic E-state index is 0.0267. The van der Waals surface area contributed by atoms with Crippen molar-refractivity contribution in [1.29, 1.82) is 0 Å². The molecule has 0 aliphatic carbocycles. The second-order valence-electron chi connectivity index (χ2n) is 4.80. The molecule has 0 radical (unpaired) electrons. The Morgan fingerprint density at radius 3 is 2.89 bits per heavy atom. The van der Waals surface area contributed by atoms with E-state index < -0.39 is 0 Å². The number of carbonyl (C=O) groups excluding carboxylic acids is 1. The van der Waals surface area contributed by atoms with E-state index in [1.807, 2.05) is 35.7 Å². The Labute approximate surface area is 116 Å². The highest BCUT2D eigenvalue weighted by Crippen LogP contribution is 2.16. The van der Waals surface area contributed by atoms with Crippen LogP contribution in [-0.2, 0) is 4.79 Å². The molecule has 0 saturated heterocycles. The summed E-state index contributed by atoms with van der Waals surface area (Å²) >= 11 is 1.40. The first-order chi connectivity index (χ1) is 9.08. The largest absolute Gasteiger partial charge is 0.353 e. The first kappa shape index (κ1) is 13.9. The number of pyridine rings is 1. The number of hydrogen-bond donors (Lipinski definition) is 1. The molecule has 2 aromatic rings. The first-order valence-corrected chi connectivity index (χ1v) is 7.28. The molecule has 1 N–H and O–H groups in total. The van der Waals surface area contributed by atoms with Crippen molar-refractivity contribution in [2.45, 2.75) is 32.0 Å². The Balaban J connectivity index is 1.94. The highest BCUT2D eigenvalue weighted by Gasteiger charge is 2.12. The van der Waals surface area contributed by atoms with E-state index in [0.717, 1.165) is 10.8 Å². The average Bonchev–Trinajstić information content (AvgIpc) is 2.79. The Kier molecular flexibility index (Phi) is 4.42. The molecular formula is C13H18N4OS. The molecule has 0 fully saturated rings. The summed E-state index contributed by atoms with van der Waals surface area (Å²) in [5.74, 6) is 0.814. The third-order valence-corrected chi connectivity index (χ3v) is 3.95. The lowest BCUT2D eigenvalue weighted by atomic mass is 10.1. The van der Waals surface area contributed by atoms with Crippen LogP contribution in [-0.4, -0.2) is 32.3 Å². The standard InChI is InChI=1S/C13H18N4OS/c1-9(2)10(3)14-12(18)8-19-13-16-15-11-6-4-5-7-17(11)13/h4-7,9-10H,8H2,1-3H3,(H,14,18). The molecule has 6 heteroatoms. The van der Waals surface area contributed by atoms with Gasteiger partial charge in [-0.2, -0.15) is 0 Å². The zero-order valence-electron chi connectivity index (χ0n) is 11.3. The van der Waals surface area contributed by atoms with Gasteiger partial charge < -0.3 is 5.32 Å². The normalized spacial score (nSPS) is 12.8. The summed E-state index contributed by atoms with van der Waals surface area (Å²) in [5.41, 5.74) is 0.793. The number of fused-ring (bicyclic) bond motifs is 1. The molecule has 0 aliphatic heterocycles. The number of thioether (sulfide) groups is 1. The summed E-state index contributed by atoms with van der Waals surface area (Å²) in [6.45, 7) is 6.19. The van der Waals surface area contributed by atoms with Crippen LogP contribution in [0.4, 0.5) is 0 Å². The van der Waals surface area contributed by atoms with E-state index in [2.05, 4.69) is 29.4 Å². The van der Waals surface area contributed by atoms with Crippen molar-refractivity contribution in [1.82, 2.24) is 19.9 Å². The summed E-state index contributed by atoms with van der Waals surface area (Å²) in [6.07, 6.45) is 1.90. The highest BCUT2D eigenvalue weighted by atomic mass is 32.2. The van der Waals surface area contributed by atoms with Crippen molar-refractivity contribution in [3.63, 3.8) is 0 Å². The molecule has 2 rings (SSSR count). The van der Waals surface area contributed by atoms with Gasteiger partial charge in [-0.3, -0.25) is 9.20 Å². The fraction of sp³-hybridized carbons (Fsp3) is 0.462. The molecule has 19 heavy (non-hydrogen) atoms. The van der Waals surface area contributed by atoms with E-state index in [1.54, 1.807) is 0 Å². The fourth-order valence-corrected chi connectivity index (χ4v) is 2.25. The van der Waals surface area contributed by atoms with Crippen molar-refractivity contribution < 1.29 is 4.79 Å². The molecule has 0 saturated carbocycles. The van der Waals surface area contributed by atoms with Crippen molar-refractivity contribution >= 4 is 23.3 Å². The van der Waals surface area contributed by atoms with E-state index in [1.165, 1.54) is 11.8 Å². The monoisotopic (exact) mass is 278 g/mol. The SMILES string of the molecule is CC(C)C(C)NC(=O)CSc1nnc2ccccn12. The molecular weight excluding hydrogens is 260 g/mol. The van der Waals surface area contributed by atoms with Crippen LogP contribution in [0.3, 0.4) is 0 Å². The molecule has 102 valence electrons. The van der Waals surface area contributed by atoms with Crippen LogP contribution in [0.5, 0.6) is 0 Å². The highest BCUT2D eigenvalue weighted by molar-refractivity contribution is 7.99. The minimum absolute atomic E-state index is 0.0267. The van der Waals surface area contributed by atoms with Crippen LogP contribution in [0.2, 0.25) is 0 Å². The van der Waals surface area contributed by atoms with Crippen LogP contribution in [0.1, 0.15) is 20.8 Å². The van der Waals surface area contributed by atoms with E-state index in [0.29, 0.717) is 11.7 Å². The van der Waals surface area contributed by atoms with Crippen molar-refractivity contribution in [3.05, 3.63) is 24.4 Å². The third-order valence-electron chi connectivity index (χ3n) is 3.00. The average molecular weight is 278 g/mol. The molecule has 0 aromatic carbocycles. The van der Waals surface area contributed by atoms with Gasteiger partial charge in [-0.25, -0.2) is 0 Å². The van der Waals surface area contributed by atoms with E-state index >= 15 is 0 Å². The number of aromatic nitrogens is 3. The van der Waals surface area contributed by atoms with Gasteiger partial charge in [0, 0.05) is 12.2 Å². The second kappa shape index (κ2) is 6.06. The Morgan fingerprint density at radius 1 is 1.37 bits per heavy atom. The van der Waals surface area contributed by atoms with E-state index in [9.17, 15) is 4.79 Å². The lowest BCUT2D eigenvalue weighted by molar-refractivity contribution is -0.119. The molecule has 1 atom stereocenters. The molecule has 0 bridgehead atoms. The van der Waals surface area contributed by atoms with Gasteiger partial charge in [0.05, 0.1) is 5.75 Å². The lowest BCUT2D eigenvalue weighted by Gasteiger charge is -2.16. The number of amides is 1. The van der Waals surface area contributed by atoms with Gasteiger partial charge >= 0.3 is 0 Å². The maximum Gasteiger partial charge on any atom is 0.230 e. The Morgan fingerprint density at radius 2 is 2.16 bits per heavy atom. The van der Waals surface area contributed by atoms with Gasteiger partial charge in [0.2, 0.25) is 5.91 Å². The fourth-order valence-electron chi connectivity index (χ4n) is 1.51. The maximum absolute atomic E-state index is 11.8. The van der Waals surface area contributed by atoms with E-state index in [-0.39, 0.29) is 11.9 Å². The van der Waals surface area contributed by atoms with Crippen molar-refractivity contribution in [2.75, 3.05) is 5.75 Å². The van der Waals surface area contributed by atoms with Gasteiger partial charge in [0.15, 0.2) is 10.8 Å². The predicted molar refractivity (Wildman–Crippen MR) is 76.2 cm³/mol. The number of nitrogens with zero attached hydrogens (tertiary/aromatic N) is 3. The summed E-state index contributed by atoms with van der Waals surface area (Å²) in [4.78, 5) is 11.8.